The molecule has 0 amide bonds. The quantitative estimate of drug-likeness (QED) is 0.140. The third kappa shape index (κ3) is 5.62. The Morgan fingerprint density at radius 1 is 0.571 bits per heavy atom. The van der Waals surface area contributed by atoms with E-state index in [9.17, 15) is 0 Å². The van der Waals surface area contributed by atoms with Gasteiger partial charge in [0.15, 0.2) is 0 Å². The van der Waals surface area contributed by atoms with Gasteiger partial charge in [-0.15, -0.1) is 0 Å². The summed E-state index contributed by atoms with van der Waals surface area (Å²) in [5, 5.41) is 0. The van der Waals surface area contributed by atoms with Gasteiger partial charge in [0, 0.05) is 16.6 Å². The predicted molar refractivity (Wildman–Crippen MR) is 184 cm³/mol. The molecule has 5 heteroatoms. The lowest BCUT2D eigenvalue weighted by atomic mass is 9.89. The largest absolute Gasteiger partial charge is 0.327 e. The Balaban J connectivity index is 1.60. The van der Waals surface area contributed by atoms with E-state index in [2.05, 4.69) is 132 Å². The molecule has 0 atom stereocenters. The van der Waals surface area contributed by atoms with Crippen LogP contribution < -0.4 is 9.15 Å². The molecule has 0 saturated carbocycles. The Hall–Kier alpha value is -4.22. The van der Waals surface area contributed by atoms with E-state index in [-0.39, 0.29) is 0 Å². The van der Waals surface area contributed by atoms with E-state index in [0.717, 1.165) is 16.1 Å². The third-order valence-electron chi connectivity index (χ3n) is 7.77. The van der Waals surface area contributed by atoms with Gasteiger partial charge in [-0.05, 0) is 157 Å². The van der Waals surface area contributed by atoms with Crippen LogP contribution in [0.15, 0.2) is 89.7 Å². The first-order chi connectivity index (χ1) is 20.2. The average Bonchev–Trinajstić information content (AvgIpc) is 2.98. The van der Waals surface area contributed by atoms with E-state index in [1.807, 2.05) is 48.8 Å². The van der Waals surface area contributed by atoms with Gasteiger partial charge in [-0.25, -0.2) is 9.15 Å². The molecule has 2 aromatic heterocycles. The van der Waals surface area contributed by atoms with Crippen molar-refractivity contribution in [1.29, 1.82) is 0 Å². The van der Waals surface area contributed by atoms with Gasteiger partial charge in [0.05, 0.1) is 12.4 Å². The number of rotatable bonds is 6. The smallest absolute Gasteiger partial charge is 0.200 e. The zero-order valence-electron chi connectivity index (χ0n) is 25.4. The van der Waals surface area contributed by atoms with Crippen molar-refractivity contribution in [3.63, 3.8) is 0 Å². The molecule has 0 bridgehead atoms. The second kappa shape index (κ2) is 12.3. The van der Waals surface area contributed by atoms with Crippen LogP contribution in [0.25, 0.3) is 22.3 Å². The van der Waals surface area contributed by atoms with E-state index >= 15 is 0 Å². The number of pyridine rings is 2. The molecule has 0 N–H and O–H groups in total. The highest BCUT2D eigenvalue weighted by Gasteiger charge is 2.21. The molecule has 3 aromatic carbocycles. The van der Waals surface area contributed by atoms with Crippen molar-refractivity contribution >= 4 is 51.4 Å². The molecular formula is C37H37BrN4+2. The lowest BCUT2D eigenvalue weighted by Gasteiger charge is -2.18. The Kier molecular flexibility index (Phi) is 8.60. The number of halogens is 1. The topological polar surface area (TPSA) is 31.8 Å². The monoisotopic (exact) mass is 616 g/mol. The fourth-order valence-electron chi connectivity index (χ4n) is 6.01. The summed E-state index contributed by atoms with van der Waals surface area (Å²) in [6, 6.07) is 25.7. The minimum Gasteiger partial charge on any atom is -0.200 e. The van der Waals surface area contributed by atoms with Gasteiger partial charge in [0.1, 0.15) is 23.8 Å². The van der Waals surface area contributed by atoms with Crippen molar-refractivity contribution < 1.29 is 0 Å². The van der Waals surface area contributed by atoms with Gasteiger partial charge in [-0.1, -0.05) is 28.1 Å². The number of aromatic nitrogens is 2. The van der Waals surface area contributed by atoms with Crippen LogP contribution in [0.4, 0.5) is 23.0 Å². The van der Waals surface area contributed by atoms with Crippen LogP contribution in [-0.4, -0.2) is 22.4 Å². The van der Waals surface area contributed by atoms with Gasteiger partial charge in [-0.2, -0.15) is 0 Å². The lowest BCUT2D eigenvalue weighted by molar-refractivity contribution is 1.00. The molecule has 5 rings (SSSR count). The highest BCUT2D eigenvalue weighted by atomic mass is 79.9. The summed E-state index contributed by atoms with van der Waals surface area (Å²) in [6.45, 7) is 15.1. The van der Waals surface area contributed by atoms with Gasteiger partial charge >= 0.3 is 11.6 Å². The Morgan fingerprint density at radius 2 is 0.952 bits per heavy atom. The maximum atomic E-state index is 4.59. The molecule has 2 heterocycles. The number of hydrogen-bond donors (Lipinski definition) is 0. The summed E-state index contributed by atoms with van der Waals surface area (Å²) in [5.74, 6) is 1.83. The van der Waals surface area contributed by atoms with Gasteiger partial charge in [0.25, 0.3) is 0 Å². The molecular weight excluding hydrogens is 580 g/mol. The van der Waals surface area contributed by atoms with Crippen molar-refractivity contribution in [2.24, 2.45) is 0 Å². The van der Waals surface area contributed by atoms with Crippen LogP contribution >= 0.6 is 15.9 Å². The molecule has 42 heavy (non-hydrogen) atoms. The number of hydrogen-bond acceptors (Lipinski definition) is 2. The summed E-state index contributed by atoms with van der Waals surface area (Å²) >= 11 is 3.83. The Morgan fingerprint density at radius 3 is 1.26 bits per heavy atom. The fraction of sp³-hybridized carbons (Fsp3) is 0.189. The standard InChI is InChI=1S/C37H37BrN4/c1-8-41(34-14-10-12-16-39-34)36-24(3)18-29(19-25(36)4)32-22-31(38)23-33(28(32)7)30-20-26(5)37(27(6)21-30)42(9-2)35-15-11-13-17-40-35/h8-23H,1-7H3/q+2. The summed E-state index contributed by atoms with van der Waals surface area (Å²) in [4.78, 5) is 9.19. The van der Waals surface area contributed by atoms with E-state index in [4.69, 9.17) is 0 Å². The first-order valence-electron chi connectivity index (χ1n) is 14.3. The van der Waals surface area contributed by atoms with Crippen molar-refractivity contribution in [3.8, 4) is 22.3 Å². The van der Waals surface area contributed by atoms with E-state index in [0.29, 0.717) is 0 Å². The molecule has 0 unspecified atom stereocenters. The van der Waals surface area contributed by atoms with Crippen LogP contribution in [0.5, 0.6) is 0 Å². The average molecular weight is 618 g/mol. The van der Waals surface area contributed by atoms with Gasteiger partial charge in [-0.3, -0.25) is 0 Å². The fourth-order valence-corrected chi connectivity index (χ4v) is 6.46. The molecule has 0 aliphatic rings. The first-order valence-corrected chi connectivity index (χ1v) is 15.1. The molecule has 0 aliphatic heterocycles. The van der Waals surface area contributed by atoms with Crippen LogP contribution in [0.2, 0.25) is 0 Å². The predicted octanol–water partition coefficient (Wildman–Crippen LogP) is 9.97. The van der Waals surface area contributed by atoms with Crippen molar-refractivity contribution in [2.45, 2.75) is 48.5 Å². The summed E-state index contributed by atoms with van der Waals surface area (Å²) in [5.41, 5.74) is 13.3. The van der Waals surface area contributed by atoms with Crippen LogP contribution in [-0.2, 0) is 0 Å². The molecule has 0 aliphatic carbocycles. The van der Waals surface area contributed by atoms with Crippen molar-refractivity contribution in [1.82, 2.24) is 19.1 Å². The highest BCUT2D eigenvalue weighted by Crippen LogP contribution is 2.40. The summed E-state index contributed by atoms with van der Waals surface area (Å²) in [7, 11) is 0. The van der Waals surface area contributed by atoms with E-state index in [1.165, 1.54) is 61.4 Å². The maximum Gasteiger partial charge on any atom is 0.327 e. The SMILES string of the molecule is CC=[N+](c1ccccn1)c1c(C)cc(-c2cc(Br)cc(-c3cc(C)c([N+](=CC)c4ccccn4)c(C)c3)c2C)cc1C. The second-order valence-corrected chi connectivity index (χ2v) is 11.6. The zero-order chi connectivity index (χ0) is 30.0. The molecule has 210 valence electrons. The lowest BCUT2D eigenvalue weighted by Crippen LogP contribution is -2.09. The summed E-state index contributed by atoms with van der Waals surface area (Å²) in [6.07, 6.45) is 7.84. The molecule has 4 nitrogen and oxygen atoms in total. The van der Waals surface area contributed by atoms with E-state index < -0.39 is 0 Å². The van der Waals surface area contributed by atoms with Gasteiger partial charge < -0.3 is 0 Å². The molecule has 0 saturated heterocycles. The van der Waals surface area contributed by atoms with Crippen LogP contribution in [0.3, 0.4) is 0 Å². The van der Waals surface area contributed by atoms with Crippen molar-refractivity contribution in [2.75, 3.05) is 0 Å². The zero-order valence-corrected chi connectivity index (χ0v) is 27.0. The first kappa shape index (κ1) is 29.3. The van der Waals surface area contributed by atoms with Crippen molar-refractivity contribution in [3.05, 3.63) is 117 Å². The minimum atomic E-state index is 0.913. The Labute approximate surface area is 257 Å². The van der Waals surface area contributed by atoms with Gasteiger partial charge in [0.2, 0.25) is 0 Å². The molecule has 0 radical (unpaired) electrons. The second-order valence-electron chi connectivity index (χ2n) is 10.7. The number of aryl methyl sites for hydroxylation is 4. The molecule has 0 spiro atoms. The van der Waals surface area contributed by atoms with E-state index in [1.54, 1.807) is 0 Å². The summed E-state index contributed by atoms with van der Waals surface area (Å²) < 4.78 is 5.40. The third-order valence-corrected chi connectivity index (χ3v) is 8.22. The normalized spacial score (nSPS) is 12.1. The number of nitrogens with zero attached hydrogens (tertiary/aromatic N) is 4. The minimum absolute atomic E-state index is 0.913. The number of benzene rings is 3. The molecule has 0 fully saturated rings. The van der Waals surface area contributed by atoms with Crippen LogP contribution in [0.1, 0.15) is 41.7 Å². The Bertz CT molecular complexity index is 1660. The highest BCUT2D eigenvalue weighted by molar-refractivity contribution is 9.10. The van der Waals surface area contributed by atoms with Crippen LogP contribution in [0, 0.1) is 34.6 Å². The maximum absolute atomic E-state index is 4.59. The molecule has 5 aromatic rings.